The van der Waals surface area contributed by atoms with Gasteiger partial charge in [-0.05, 0) is 31.0 Å². The van der Waals surface area contributed by atoms with Gasteiger partial charge in [0, 0.05) is 17.3 Å². The zero-order chi connectivity index (χ0) is 21.0. The van der Waals surface area contributed by atoms with E-state index < -0.39 is 11.9 Å². The van der Waals surface area contributed by atoms with Gasteiger partial charge in [0.1, 0.15) is 17.6 Å². The molecule has 0 unspecified atom stereocenters. The number of benzene rings is 1. The fourth-order valence-corrected chi connectivity index (χ4v) is 3.00. The van der Waals surface area contributed by atoms with Gasteiger partial charge in [-0.3, -0.25) is 9.63 Å². The molecule has 1 aromatic carbocycles. The van der Waals surface area contributed by atoms with E-state index in [1.54, 1.807) is 41.9 Å². The van der Waals surface area contributed by atoms with Gasteiger partial charge in [-0.2, -0.15) is 10.1 Å². The van der Waals surface area contributed by atoms with E-state index in [4.69, 9.17) is 9.47 Å². The summed E-state index contributed by atoms with van der Waals surface area (Å²) < 4.78 is 12.7. The summed E-state index contributed by atoms with van der Waals surface area (Å²) in [5, 5.41) is 4.20. The van der Waals surface area contributed by atoms with Gasteiger partial charge in [0.25, 0.3) is 5.91 Å². The Morgan fingerprint density at radius 3 is 2.76 bits per heavy atom. The summed E-state index contributed by atoms with van der Waals surface area (Å²) in [6.45, 7) is 5.95. The minimum Gasteiger partial charge on any atom is -0.462 e. The topological polar surface area (TPSA) is 104 Å². The van der Waals surface area contributed by atoms with Crippen LogP contribution in [0.4, 0.5) is 0 Å². The molecule has 0 spiro atoms. The Balaban J connectivity index is 2.06. The van der Waals surface area contributed by atoms with E-state index in [0.717, 1.165) is 5.56 Å². The van der Waals surface area contributed by atoms with Crippen LogP contribution in [-0.2, 0) is 9.57 Å². The molecule has 0 aliphatic rings. The van der Waals surface area contributed by atoms with E-state index in [1.165, 1.54) is 13.4 Å². The number of amides is 1. The molecule has 9 heteroatoms. The number of carbonyl (C=O) groups excluding carboxylic acids is 2. The Morgan fingerprint density at radius 2 is 2.07 bits per heavy atom. The second-order valence-corrected chi connectivity index (χ2v) is 6.46. The van der Waals surface area contributed by atoms with Crippen molar-refractivity contribution in [3.8, 4) is 11.6 Å². The van der Waals surface area contributed by atoms with Gasteiger partial charge in [0.05, 0.1) is 19.3 Å². The van der Waals surface area contributed by atoms with Crippen molar-refractivity contribution in [1.82, 2.24) is 20.1 Å². The standard InChI is InChI=1S/C20H22N4O5/c1-5-28-20(26)15-10-24-17(16(15)12(2)3)19(21-11-22-24)29-14-8-6-7-13(9-14)18(25)23-27-4/h6-12H,5H2,1-4H3,(H,23,25). The maximum Gasteiger partial charge on any atom is 0.340 e. The Bertz CT molecular complexity index is 1040. The van der Waals surface area contributed by atoms with Crippen LogP contribution in [-0.4, -0.2) is 40.2 Å². The fourth-order valence-electron chi connectivity index (χ4n) is 3.00. The third-order valence-electron chi connectivity index (χ3n) is 4.16. The molecular weight excluding hydrogens is 376 g/mol. The van der Waals surface area contributed by atoms with Crippen LogP contribution in [0.5, 0.6) is 11.6 Å². The number of hydroxylamine groups is 1. The Morgan fingerprint density at radius 1 is 1.28 bits per heavy atom. The highest BCUT2D eigenvalue weighted by Gasteiger charge is 2.24. The SMILES string of the molecule is CCOC(=O)c1cn2ncnc(Oc3cccc(C(=O)NOC)c3)c2c1C(C)C. The van der Waals surface area contributed by atoms with Crippen LogP contribution in [0.3, 0.4) is 0 Å². The first kappa shape index (κ1) is 20.3. The number of hydrogen-bond acceptors (Lipinski definition) is 7. The molecule has 0 saturated heterocycles. The van der Waals surface area contributed by atoms with E-state index in [2.05, 4.69) is 20.4 Å². The molecule has 3 rings (SSSR count). The molecule has 0 aliphatic heterocycles. The first-order valence-corrected chi connectivity index (χ1v) is 9.10. The van der Waals surface area contributed by atoms with Crippen molar-refractivity contribution in [3.63, 3.8) is 0 Å². The molecular formula is C20H22N4O5. The summed E-state index contributed by atoms with van der Waals surface area (Å²) in [4.78, 5) is 33.3. The second-order valence-electron chi connectivity index (χ2n) is 6.46. The summed E-state index contributed by atoms with van der Waals surface area (Å²) in [5.41, 5.74) is 4.33. The van der Waals surface area contributed by atoms with E-state index in [0.29, 0.717) is 22.4 Å². The van der Waals surface area contributed by atoms with Crippen molar-refractivity contribution in [2.24, 2.45) is 0 Å². The molecule has 9 nitrogen and oxygen atoms in total. The molecule has 0 bridgehead atoms. The quantitative estimate of drug-likeness (QED) is 0.482. The number of ether oxygens (including phenoxy) is 2. The fraction of sp³-hybridized carbons (Fsp3) is 0.300. The van der Waals surface area contributed by atoms with E-state index >= 15 is 0 Å². The first-order chi connectivity index (χ1) is 14.0. The van der Waals surface area contributed by atoms with Gasteiger partial charge < -0.3 is 9.47 Å². The molecule has 1 N–H and O–H groups in total. The summed E-state index contributed by atoms with van der Waals surface area (Å²) in [5.74, 6) is -0.162. The maximum absolute atomic E-state index is 12.4. The molecule has 2 aromatic heterocycles. The van der Waals surface area contributed by atoms with Crippen molar-refractivity contribution < 1.29 is 23.9 Å². The maximum atomic E-state index is 12.4. The van der Waals surface area contributed by atoms with E-state index in [-0.39, 0.29) is 18.4 Å². The van der Waals surface area contributed by atoms with Crippen molar-refractivity contribution in [2.45, 2.75) is 26.7 Å². The normalized spacial score (nSPS) is 10.9. The average Bonchev–Trinajstić information content (AvgIpc) is 3.10. The number of rotatable bonds is 7. The van der Waals surface area contributed by atoms with E-state index in [9.17, 15) is 9.59 Å². The smallest absolute Gasteiger partial charge is 0.340 e. The first-order valence-electron chi connectivity index (χ1n) is 9.10. The summed E-state index contributed by atoms with van der Waals surface area (Å²) in [7, 11) is 1.36. The number of nitrogens with zero attached hydrogens (tertiary/aromatic N) is 3. The number of carbonyl (C=O) groups is 2. The summed E-state index contributed by atoms with van der Waals surface area (Å²) >= 11 is 0. The van der Waals surface area contributed by atoms with Crippen LogP contribution in [0.2, 0.25) is 0 Å². The van der Waals surface area contributed by atoms with Crippen LogP contribution in [0.25, 0.3) is 5.52 Å². The number of hydrogen-bond donors (Lipinski definition) is 1. The predicted octanol–water partition coefficient (Wildman–Crippen LogP) is 3.11. The average molecular weight is 398 g/mol. The van der Waals surface area contributed by atoms with Crippen LogP contribution in [0.15, 0.2) is 36.8 Å². The summed E-state index contributed by atoms with van der Waals surface area (Å²) in [6, 6.07) is 6.58. The monoisotopic (exact) mass is 398 g/mol. The van der Waals surface area contributed by atoms with Gasteiger partial charge in [-0.15, -0.1) is 0 Å². The number of aromatic nitrogens is 3. The Hall–Kier alpha value is -3.46. The molecule has 29 heavy (non-hydrogen) atoms. The van der Waals surface area contributed by atoms with Gasteiger partial charge in [-0.25, -0.2) is 14.8 Å². The molecule has 0 aliphatic carbocycles. The molecule has 1 amide bonds. The number of esters is 1. The Kier molecular flexibility index (Phi) is 6.08. The number of fused-ring (bicyclic) bond motifs is 1. The van der Waals surface area contributed by atoms with Crippen molar-refractivity contribution in [2.75, 3.05) is 13.7 Å². The van der Waals surface area contributed by atoms with Crippen molar-refractivity contribution in [3.05, 3.63) is 53.5 Å². The minimum absolute atomic E-state index is 0.00780. The minimum atomic E-state index is -0.425. The molecule has 0 radical (unpaired) electrons. The third kappa shape index (κ3) is 4.19. The lowest BCUT2D eigenvalue weighted by atomic mass is 10.0. The predicted molar refractivity (Wildman–Crippen MR) is 104 cm³/mol. The third-order valence-corrected chi connectivity index (χ3v) is 4.16. The highest BCUT2D eigenvalue weighted by Crippen LogP contribution is 2.33. The van der Waals surface area contributed by atoms with Gasteiger partial charge in [0.15, 0.2) is 0 Å². The zero-order valence-electron chi connectivity index (χ0n) is 16.6. The molecule has 3 aromatic rings. The summed E-state index contributed by atoms with van der Waals surface area (Å²) in [6.07, 6.45) is 2.95. The molecule has 0 saturated carbocycles. The van der Waals surface area contributed by atoms with Gasteiger partial charge in [-0.1, -0.05) is 19.9 Å². The highest BCUT2D eigenvalue weighted by molar-refractivity contribution is 5.95. The zero-order valence-corrected chi connectivity index (χ0v) is 16.6. The van der Waals surface area contributed by atoms with Crippen LogP contribution in [0.1, 0.15) is 53.0 Å². The highest BCUT2D eigenvalue weighted by atomic mass is 16.6. The van der Waals surface area contributed by atoms with Crippen molar-refractivity contribution in [1.29, 1.82) is 0 Å². The lowest BCUT2D eigenvalue weighted by Gasteiger charge is -2.11. The Labute approximate surface area is 167 Å². The number of nitrogens with one attached hydrogen (secondary N) is 1. The van der Waals surface area contributed by atoms with Crippen LogP contribution < -0.4 is 10.2 Å². The van der Waals surface area contributed by atoms with Gasteiger partial charge in [0.2, 0.25) is 5.88 Å². The molecule has 2 heterocycles. The molecule has 0 fully saturated rings. The molecule has 152 valence electrons. The van der Waals surface area contributed by atoms with Gasteiger partial charge >= 0.3 is 5.97 Å². The van der Waals surface area contributed by atoms with Crippen LogP contribution in [0, 0.1) is 0 Å². The lowest BCUT2D eigenvalue weighted by molar-refractivity contribution is 0.0522. The second kappa shape index (κ2) is 8.70. The van der Waals surface area contributed by atoms with Crippen molar-refractivity contribution >= 4 is 17.4 Å². The largest absolute Gasteiger partial charge is 0.462 e. The van der Waals surface area contributed by atoms with Crippen LogP contribution >= 0.6 is 0 Å². The van der Waals surface area contributed by atoms with E-state index in [1.807, 2.05) is 13.8 Å². The molecule has 0 atom stereocenters. The lowest BCUT2D eigenvalue weighted by Crippen LogP contribution is -2.21.